The molecular weight excluding hydrogens is 284 g/mol. The minimum absolute atomic E-state index is 0.120. The second-order valence-electron chi connectivity index (χ2n) is 6.61. The van der Waals surface area contributed by atoms with Crippen molar-refractivity contribution in [3.63, 3.8) is 0 Å². The molecule has 0 spiro atoms. The molecule has 4 nitrogen and oxygen atoms in total. The summed E-state index contributed by atoms with van der Waals surface area (Å²) in [6.07, 6.45) is 4.21. The highest BCUT2D eigenvalue weighted by atomic mass is 32.2. The smallest absolute Gasteiger partial charge is 0.243 e. The number of hydrogen-bond acceptors (Lipinski definition) is 3. The minimum Gasteiger partial charge on any atom is -0.311 e. The number of rotatable bonds is 3. The number of aryl methyl sites for hydroxylation is 2. The van der Waals surface area contributed by atoms with Gasteiger partial charge in [0.1, 0.15) is 0 Å². The lowest BCUT2D eigenvalue weighted by atomic mass is 10.0. The molecule has 2 heterocycles. The van der Waals surface area contributed by atoms with Crippen LogP contribution in [-0.4, -0.2) is 37.9 Å². The molecule has 0 aromatic heterocycles. The molecule has 0 aliphatic carbocycles. The first-order chi connectivity index (χ1) is 9.86. The Kier molecular flexibility index (Phi) is 3.84. The third-order valence-corrected chi connectivity index (χ3v) is 6.72. The van der Waals surface area contributed by atoms with E-state index >= 15 is 0 Å². The first-order valence-electron chi connectivity index (χ1n) is 7.68. The van der Waals surface area contributed by atoms with Crippen LogP contribution in [0.15, 0.2) is 23.1 Å². The molecule has 1 aromatic carbocycles. The predicted molar refractivity (Wildman–Crippen MR) is 83.8 cm³/mol. The fraction of sp³-hybridized carbons (Fsp3) is 0.625. The molecule has 2 bridgehead atoms. The molecule has 2 aliphatic rings. The highest BCUT2D eigenvalue weighted by Crippen LogP contribution is 2.31. The average Bonchev–Trinajstić information content (AvgIpc) is 2.75. The van der Waals surface area contributed by atoms with E-state index in [0.29, 0.717) is 17.0 Å². The van der Waals surface area contributed by atoms with Crippen LogP contribution in [0.25, 0.3) is 0 Å². The summed E-state index contributed by atoms with van der Waals surface area (Å²) in [4.78, 5) is 0.424. The molecule has 5 heteroatoms. The van der Waals surface area contributed by atoms with Crippen molar-refractivity contribution in [2.45, 2.75) is 62.6 Å². The van der Waals surface area contributed by atoms with E-state index in [2.05, 4.69) is 5.32 Å². The molecule has 2 aliphatic heterocycles. The van der Waals surface area contributed by atoms with Crippen molar-refractivity contribution in [1.29, 1.82) is 0 Å². The SMILES string of the molecule is Cc1cc(C)cc(S(=O)(=O)N(C)C2CC3CCC(C2)N3)c1. The van der Waals surface area contributed by atoms with Crippen molar-refractivity contribution in [2.24, 2.45) is 0 Å². The fourth-order valence-corrected chi connectivity index (χ4v) is 5.34. The van der Waals surface area contributed by atoms with Gasteiger partial charge in [-0.3, -0.25) is 0 Å². The van der Waals surface area contributed by atoms with Crippen LogP contribution in [0, 0.1) is 13.8 Å². The maximum atomic E-state index is 12.9. The van der Waals surface area contributed by atoms with Crippen molar-refractivity contribution < 1.29 is 8.42 Å². The first kappa shape index (κ1) is 15.0. The maximum absolute atomic E-state index is 12.9. The van der Waals surface area contributed by atoms with Crippen LogP contribution in [0.5, 0.6) is 0 Å². The van der Waals surface area contributed by atoms with E-state index in [1.807, 2.05) is 19.9 Å². The van der Waals surface area contributed by atoms with Crippen LogP contribution in [-0.2, 0) is 10.0 Å². The number of sulfonamides is 1. The summed E-state index contributed by atoms with van der Waals surface area (Å²) < 4.78 is 27.4. The summed E-state index contributed by atoms with van der Waals surface area (Å²) in [5.41, 5.74) is 1.99. The van der Waals surface area contributed by atoms with Crippen LogP contribution in [0.2, 0.25) is 0 Å². The molecule has 0 amide bonds. The van der Waals surface area contributed by atoms with Crippen LogP contribution in [0.3, 0.4) is 0 Å². The van der Waals surface area contributed by atoms with Crippen molar-refractivity contribution in [2.75, 3.05) is 7.05 Å². The number of benzene rings is 1. The Morgan fingerprint density at radius 2 is 1.57 bits per heavy atom. The van der Waals surface area contributed by atoms with Gasteiger partial charge in [0.05, 0.1) is 4.90 Å². The second kappa shape index (κ2) is 5.38. The number of piperidine rings is 1. The molecule has 3 rings (SSSR count). The van der Waals surface area contributed by atoms with Crippen molar-refractivity contribution in [3.8, 4) is 0 Å². The van der Waals surface area contributed by atoms with E-state index < -0.39 is 10.0 Å². The number of hydrogen-bond donors (Lipinski definition) is 1. The average molecular weight is 308 g/mol. The van der Waals surface area contributed by atoms with E-state index in [-0.39, 0.29) is 6.04 Å². The van der Waals surface area contributed by atoms with E-state index in [4.69, 9.17) is 0 Å². The van der Waals surface area contributed by atoms with Crippen molar-refractivity contribution in [3.05, 3.63) is 29.3 Å². The quantitative estimate of drug-likeness (QED) is 0.931. The standard InChI is InChI=1S/C16H24N2O2S/c1-11-6-12(2)8-16(7-11)21(19,20)18(3)15-9-13-4-5-14(10-15)17-13/h6-8,13-15,17H,4-5,9-10H2,1-3H3. The third kappa shape index (κ3) is 2.87. The lowest BCUT2D eigenvalue weighted by molar-refractivity contribution is 0.251. The number of nitrogens with one attached hydrogen (secondary N) is 1. The zero-order valence-electron chi connectivity index (χ0n) is 13.0. The Morgan fingerprint density at radius 3 is 2.10 bits per heavy atom. The predicted octanol–water partition coefficient (Wildman–Crippen LogP) is 2.21. The van der Waals surface area contributed by atoms with Crippen molar-refractivity contribution >= 4 is 10.0 Å². The summed E-state index contributed by atoms with van der Waals surface area (Å²) in [6.45, 7) is 3.88. The Bertz CT molecular complexity index is 609. The van der Waals surface area contributed by atoms with Gasteiger partial charge in [-0.1, -0.05) is 6.07 Å². The van der Waals surface area contributed by atoms with Gasteiger partial charge in [-0.25, -0.2) is 8.42 Å². The summed E-state index contributed by atoms with van der Waals surface area (Å²) in [5, 5.41) is 3.56. The van der Waals surface area contributed by atoms with Gasteiger partial charge in [0.2, 0.25) is 10.0 Å². The zero-order chi connectivity index (χ0) is 15.2. The maximum Gasteiger partial charge on any atom is 0.243 e. The Balaban J connectivity index is 1.87. The summed E-state index contributed by atoms with van der Waals surface area (Å²) in [5.74, 6) is 0. The first-order valence-corrected chi connectivity index (χ1v) is 9.12. The molecule has 0 saturated carbocycles. The highest BCUT2D eigenvalue weighted by molar-refractivity contribution is 7.89. The lowest BCUT2D eigenvalue weighted by Gasteiger charge is -2.34. The van der Waals surface area contributed by atoms with Gasteiger partial charge in [0.25, 0.3) is 0 Å². The molecule has 1 aromatic rings. The summed E-state index contributed by atoms with van der Waals surface area (Å²) in [7, 11) is -1.66. The van der Waals surface area contributed by atoms with Gasteiger partial charge in [-0.2, -0.15) is 4.31 Å². The second-order valence-corrected chi connectivity index (χ2v) is 8.61. The topological polar surface area (TPSA) is 49.4 Å². The molecule has 116 valence electrons. The minimum atomic E-state index is -3.40. The van der Waals surface area contributed by atoms with Gasteiger partial charge in [-0.05, 0) is 62.8 Å². The molecule has 1 N–H and O–H groups in total. The molecule has 0 radical (unpaired) electrons. The van der Waals surface area contributed by atoms with E-state index in [1.54, 1.807) is 23.5 Å². The largest absolute Gasteiger partial charge is 0.311 e. The Labute approximate surface area is 127 Å². The molecular formula is C16H24N2O2S. The van der Waals surface area contributed by atoms with Gasteiger partial charge >= 0.3 is 0 Å². The van der Waals surface area contributed by atoms with Crippen LogP contribution >= 0.6 is 0 Å². The van der Waals surface area contributed by atoms with E-state index in [0.717, 1.165) is 24.0 Å². The van der Waals surface area contributed by atoms with Crippen LogP contribution in [0.1, 0.15) is 36.8 Å². The Hall–Kier alpha value is -0.910. The summed E-state index contributed by atoms with van der Waals surface area (Å²) in [6, 6.07) is 6.65. The monoisotopic (exact) mass is 308 g/mol. The zero-order valence-corrected chi connectivity index (χ0v) is 13.8. The molecule has 2 unspecified atom stereocenters. The van der Waals surface area contributed by atoms with E-state index in [9.17, 15) is 8.42 Å². The van der Waals surface area contributed by atoms with E-state index in [1.165, 1.54) is 12.8 Å². The van der Waals surface area contributed by atoms with Gasteiger partial charge in [0, 0.05) is 25.2 Å². The van der Waals surface area contributed by atoms with Gasteiger partial charge in [-0.15, -0.1) is 0 Å². The van der Waals surface area contributed by atoms with Crippen LogP contribution < -0.4 is 5.32 Å². The van der Waals surface area contributed by atoms with Gasteiger partial charge in [0.15, 0.2) is 0 Å². The normalized spacial score (nSPS) is 29.0. The number of nitrogens with zero attached hydrogens (tertiary/aromatic N) is 1. The molecule has 2 saturated heterocycles. The lowest BCUT2D eigenvalue weighted by Crippen LogP contribution is -2.48. The Morgan fingerprint density at radius 1 is 1.05 bits per heavy atom. The summed E-state index contributed by atoms with van der Waals surface area (Å²) >= 11 is 0. The fourth-order valence-electron chi connectivity index (χ4n) is 3.77. The van der Waals surface area contributed by atoms with Crippen LogP contribution in [0.4, 0.5) is 0 Å². The van der Waals surface area contributed by atoms with Gasteiger partial charge < -0.3 is 5.32 Å². The third-order valence-electron chi connectivity index (χ3n) is 4.83. The highest BCUT2D eigenvalue weighted by Gasteiger charge is 2.38. The molecule has 21 heavy (non-hydrogen) atoms. The molecule has 2 fully saturated rings. The van der Waals surface area contributed by atoms with Crippen molar-refractivity contribution in [1.82, 2.24) is 9.62 Å². The molecule has 2 atom stereocenters. The number of fused-ring (bicyclic) bond motifs is 2.